The van der Waals surface area contributed by atoms with Gasteiger partial charge in [0, 0.05) is 11.8 Å². The number of esters is 1. The monoisotopic (exact) mass is 373 g/mol. The van der Waals surface area contributed by atoms with E-state index in [4.69, 9.17) is 14.3 Å². The van der Waals surface area contributed by atoms with E-state index in [9.17, 15) is 9.59 Å². The van der Waals surface area contributed by atoms with Crippen LogP contribution in [-0.2, 0) is 25.5 Å². The molecule has 1 heterocycles. The number of benzene rings is 1. The van der Waals surface area contributed by atoms with Crippen LogP contribution in [0.5, 0.6) is 0 Å². The molecule has 0 aromatic heterocycles. The van der Waals surface area contributed by atoms with Crippen molar-refractivity contribution < 1.29 is 23.9 Å². The summed E-state index contributed by atoms with van der Waals surface area (Å²) in [6.07, 6.45) is 1.95. The van der Waals surface area contributed by atoms with Crippen LogP contribution in [0.25, 0.3) is 0 Å². The van der Waals surface area contributed by atoms with Crippen LogP contribution in [0, 0.1) is 5.41 Å². The normalized spacial score (nSPS) is 22.8. The van der Waals surface area contributed by atoms with Gasteiger partial charge in [-0.05, 0) is 12.0 Å². The van der Waals surface area contributed by atoms with Gasteiger partial charge in [0.25, 0.3) is 0 Å². The van der Waals surface area contributed by atoms with Crippen molar-refractivity contribution in [1.82, 2.24) is 5.06 Å². The van der Waals surface area contributed by atoms with E-state index in [0.29, 0.717) is 6.42 Å². The summed E-state index contributed by atoms with van der Waals surface area (Å²) in [5, 5.41) is 1.34. The summed E-state index contributed by atoms with van der Waals surface area (Å²) < 4.78 is 10.6. The van der Waals surface area contributed by atoms with Gasteiger partial charge in [0.15, 0.2) is 11.8 Å². The predicted molar refractivity (Wildman–Crippen MR) is 101 cm³/mol. The molecule has 0 unspecified atom stereocenters. The van der Waals surface area contributed by atoms with Crippen molar-refractivity contribution >= 4 is 12.1 Å². The van der Waals surface area contributed by atoms with E-state index in [1.165, 1.54) is 11.1 Å². The van der Waals surface area contributed by atoms with E-state index in [1.54, 1.807) is 6.08 Å². The van der Waals surface area contributed by atoms with Gasteiger partial charge in [0.1, 0.15) is 6.61 Å². The van der Waals surface area contributed by atoms with Gasteiger partial charge in [-0.3, -0.25) is 0 Å². The van der Waals surface area contributed by atoms with E-state index in [1.807, 2.05) is 51.1 Å². The number of cyclic esters (lactones) is 1. The average molecular weight is 373 g/mol. The molecular formula is C21H27NO5. The number of carbonyl (C=O) groups is 2. The van der Waals surface area contributed by atoms with Crippen molar-refractivity contribution in [3.8, 4) is 0 Å². The molecule has 0 amide bonds. The highest BCUT2D eigenvalue weighted by Crippen LogP contribution is 2.42. The Labute approximate surface area is 160 Å². The Hall–Kier alpha value is -2.60. The molecular weight excluding hydrogens is 346 g/mol. The van der Waals surface area contributed by atoms with Crippen molar-refractivity contribution in [1.29, 1.82) is 0 Å². The van der Waals surface area contributed by atoms with Gasteiger partial charge >= 0.3 is 12.1 Å². The quantitative estimate of drug-likeness (QED) is 0.531. The summed E-state index contributed by atoms with van der Waals surface area (Å²) in [7, 11) is 0. The minimum Gasteiger partial charge on any atom is -0.441 e. The van der Waals surface area contributed by atoms with Gasteiger partial charge in [-0.15, -0.1) is 6.58 Å². The fourth-order valence-corrected chi connectivity index (χ4v) is 3.04. The van der Waals surface area contributed by atoms with E-state index in [-0.39, 0.29) is 13.0 Å². The Kier molecular flexibility index (Phi) is 6.44. The first kappa shape index (κ1) is 20.7. The Balaban J connectivity index is 2.44. The zero-order valence-electron chi connectivity index (χ0n) is 16.1. The number of nitrogens with zero attached hydrogens (tertiary/aromatic N) is 1. The standard InChI is InChI=1S/C21H27NO5/c1-6-13-21(15-16-11-9-8-10-12-16)18(23)26-17(20(3,4)5)22(21)27-19(24)25-14-7-2/h6-12,17H,1-2,13-15H2,3-5H3/t17-,21-/m0/s1. The van der Waals surface area contributed by atoms with Gasteiger partial charge in [-0.1, -0.05) is 74.9 Å². The minimum absolute atomic E-state index is 0.00874. The summed E-state index contributed by atoms with van der Waals surface area (Å²) in [5.74, 6) is -0.456. The fourth-order valence-electron chi connectivity index (χ4n) is 3.04. The Morgan fingerprint density at radius 1 is 1.26 bits per heavy atom. The highest BCUT2D eigenvalue weighted by molar-refractivity contribution is 5.84. The highest BCUT2D eigenvalue weighted by Gasteiger charge is 2.60. The molecule has 6 heteroatoms. The second-order valence-electron chi connectivity index (χ2n) is 7.58. The molecule has 1 fully saturated rings. The summed E-state index contributed by atoms with van der Waals surface area (Å²) in [6, 6.07) is 9.51. The molecule has 1 aliphatic heterocycles. The smallest absolute Gasteiger partial charge is 0.441 e. The first-order valence-electron chi connectivity index (χ1n) is 8.85. The van der Waals surface area contributed by atoms with Crippen LogP contribution < -0.4 is 0 Å². The van der Waals surface area contributed by atoms with Crippen LogP contribution in [0.3, 0.4) is 0 Å². The molecule has 146 valence electrons. The highest BCUT2D eigenvalue weighted by atomic mass is 16.8. The molecule has 1 aromatic carbocycles. The van der Waals surface area contributed by atoms with Crippen molar-refractivity contribution in [2.75, 3.05) is 6.61 Å². The minimum atomic E-state index is -1.21. The SMILES string of the molecule is C=CCOC(=O)ON1[C@H](C(C)(C)C)OC(=O)[C@]1(CC=C)Cc1ccccc1. The average Bonchev–Trinajstić information content (AvgIpc) is 2.87. The molecule has 2 rings (SSSR count). The fraction of sp³-hybridized carbons (Fsp3) is 0.429. The molecule has 1 aliphatic rings. The zero-order chi connectivity index (χ0) is 20.1. The van der Waals surface area contributed by atoms with Crippen LogP contribution in [0.4, 0.5) is 4.79 Å². The summed E-state index contributed by atoms with van der Waals surface area (Å²) >= 11 is 0. The van der Waals surface area contributed by atoms with Crippen LogP contribution in [0.1, 0.15) is 32.8 Å². The lowest BCUT2D eigenvalue weighted by molar-refractivity contribution is -0.235. The van der Waals surface area contributed by atoms with E-state index in [2.05, 4.69) is 13.2 Å². The lowest BCUT2D eigenvalue weighted by atomic mass is 9.86. The molecule has 0 aliphatic carbocycles. The van der Waals surface area contributed by atoms with E-state index >= 15 is 0 Å². The van der Waals surface area contributed by atoms with Crippen LogP contribution in [-0.4, -0.2) is 35.6 Å². The predicted octanol–water partition coefficient (Wildman–Crippen LogP) is 4.03. The lowest BCUT2D eigenvalue weighted by Crippen LogP contribution is -2.55. The third-order valence-corrected chi connectivity index (χ3v) is 4.29. The lowest BCUT2D eigenvalue weighted by Gasteiger charge is -2.37. The topological polar surface area (TPSA) is 65.1 Å². The summed E-state index contributed by atoms with van der Waals surface area (Å²) in [4.78, 5) is 30.6. The summed E-state index contributed by atoms with van der Waals surface area (Å²) in [5.41, 5.74) is -0.790. The molecule has 2 atom stereocenters. The van der Waals surface area contributed by atoms with Gasteiger partial charge < -0.3 is 14.3 Å². The molecule has 0 spiro atoms. The van der Waals surface area contributed by atoms with E-state index < -0.39 is 29.3 Å². The third-order valence-electron chi connectivity index (χ3n) is 4.29. The zero-order valence-corrected chi connectivity index (χ0v) is 16.1. The van der Waals surface area contributed by atoms with Crippen molar-refractivity contribution in [3.63, 3.8) is 0 Å². The molecule has 27 heavy (non-hydrogen) atoms. The maximum absolute atomic E-state index is 13.0. The number of ether oxygens (including phenoxy) is 2. The van der Waals surface area contributed by atoms with E-state index in [0.717, 1.165) is 5.56 Å². The molecule has 6 nitrogen and oxygen atoms in total. The van der Waals surface area contributed by atoms with Crippen molar-refractivity contribution in [3.05, 3.63) is 61.2 Å². The van der Waals surface area contributed by atoms with Crippen LogP contribution in [0.15, 0.2) is 55.6 Å². The molecule has 0 radical (unpaired) electrons. The van der Waals surface area contributed by atoms with Crippen molar-refractivity contribution in [2.24, 2.45) is 5.41 Å². The largest absolute Gasteiger partial charge is 0.528 e. The van der Waals surface area contributed by atoms with Gasteiger partial charge in [0.2, 0.25) is 0 Å². The molecule has 0 saturated carbocycles. The van der Waals surface area contributed by atoms with Gasteiger partial charge in [-0.2, -0.15) is 0 Å². The maximum atomic E-state index is 13.0. The number of hydrogen-bond acceptors (Lipinski definition) is 6. The number of hydrogen-bond donors (Lipinski definition) is 0. The first-order chi connectivity index (χ1) is 12.7. The van der Waals surface area contributed by atoms with Crippen LogP contribution >= 0.6 is 0 Å². The number of carbonyl (C=O) groups excluding carboxylic acids is 2. The number of rotatable bonds is 7. The Bertz CT molecular complexity index is 694. The second kappa shape index (κ2) is 8.39. The van der Waals surface area contributed by atoms with Gasteiger partial charge in [0.05, 0.1) is 0 Å². The molecule has 0 bridgehead atoms. The summed E-state index contributed by atoms with van der Waals surface area (Å²) in [6.45, 7) is 13.0. The maximum Gasteiger partial charge on any atom is 0.528 e. The van der Waals surface area contributed by atoms with Gasteiger partial charge in [-0.25, -0.2) is 9.59 Å². The molecule has 1 saturated heterocycles. The molecule has 0 N–H and O–H groups in total. The Morgan fingerprint density at radius 2 is 1.93 bits per heavy atom. The van der Waals surface area contributed by atoms with Crippen molar-refractivity contribution in [2.45, 2.75) is 45.4 Å². The third kappa shape index (κ3) is 4.57. The Morgan fingerprint density at radius 3 is 2.48 bits per heavy atom. The van der Waals surface area contributed by atoms with Crippen LogP contribution in [0.2, 0.25) is 0 Å². The first-order valence-corrected chi connectivity index (χ1v) is 8.85. The molecule has 1 aromatic rings. The number of hydroxylamine groups is 2. The second-order valence-corrected chi connectivity index (χ2v) is 7.58.